The van der Waals surface area contributed by atoms with Gasteiger partial charge < -0.3 is 20.2 Å². The van der Waals surface area contributed by atoms with Gasteiger partial charge in [0.2, 0.25) is 11.8 Å². The lowest BCUT2D eigenvalue weighted by Gasteiger charge is -2.36. The Hall–Kier alpha value is -2.77. The molecule has 2 heterocycles. The van der Waals surface area contributed by atoms with Crippen LogP contribution in [0.15, 0.2) is 42.5 Å². The van der Waals surface area contributed by atoms with Crippen LogP contribution in [0.2, 0.25) is 5.02 Å². The third kappa shape index (κ3) is 6.27. The lowest BCUT2D eigenvalue weighted by molar-refractivity contribution is -0.132. The number of carbonyl (C=O) groups excluding carboxylic acids is 2. The van der Waals surface area contributed by atoms with E-state index >= 15 is 0 Å². The number of hydrogen-bond acceptors (Lipinski definition) is 5. The largest absolute Gasteiger partial charge is 0.508 e. The molecule has 188 valence electrons. The zero-order valence-corrected chi connectivity index (χ0v) is 21.3. The van der Waals surface area contributed by atoms with Gasteiger partial charge in [-0.3, -0.25) is 14.5 Å². The molecule has 8 heteroatoms. The Balaban J connectivity index is 1.31. The number of amides is 2. The number of nitrogens with zero attached hydrogens (tertiary/aromatic N) is 3. The van der Waals surface area contributed by atoms with Crippen LogP contribution < -0.4 is 10.2 Å². The molecule has 2 unspecified atom stereocenters. The highest BCUT2D eigenvalue weighted by molar-refractivity contribution is 6.30. The summed E-state index contributed by atoms with van der Waals surface area (Å²) in [6, 6.07) is 12.9. The number of phenolic OH excluding ortho intramolecular Hbond substituents is 1. The zero-order valence-electron chi connectivity index (χ0n) is 20.5. The number of rotatable bonds is 7. The standard InChI is InChI=1S/C27H35ClN4O3/c1-3-5-20-16-30(17-24(20)27(35)29-22-8-9-25(33)19(2)14-22)18-26(34)32-12-10-31(11-13-32)23-7-4-6-21(28)15-23/h4,6-9,14-15,20,24,33H,3,5,10-13,16-18H2,1-2H3,(H,29,35). The van der Waals surface area contributed by atoms with Crippen molar-refractivity contribution in [2.45, 2.75) is 26.7 Å². The number of carbonyl (C=O) groups is 2. The summed E-state index contributed by atoms with van der Waals surface area (Å²) in [5.74, 6) is 0.396. The molecule has 7 nitrogen and oxygen atoms in total. The van der Waals surface area contributed by atoms with Gasteiger partial charge in [0.05, 0.1) is 12.5 Å². The van der Waals surface area contributed by atoms with Crippen LogP contribution in [0.5, 0.6) is 5.75 Å². The van der Waals surface area contributed by atoms with Crippen molar-refractivity contribution in [2.75, 3.05) is 56.0 Å². The van der Waals surface area contributed by atoms with Crippen molar-refractivity contribution in [2.24, 2.45) is 11.8 Å². The highest BCUT2D eigenvalue weighted by atomic mass is 35.5. The van der Waals surface area contributed by atoms with Crippen LogP contribution in [-0.4, -0.2) is 72.5 Å². The second-order valence-electron chi connectivity index (χ2n) is 9.69. The van der Waals surface area contributed by atoms with Crippen LogP contribution in [0.3, 0.4) is 0 Å². The van der Waals surface area contributed by atoms with E-state index in [4.69, 9.17) is 11.6 Å². The summed E-state index contributed by atoms with van der Waals surface area (Å²) in [5.41, 5.74) is 2.50. The summed E-state index contributed by atoms with van der Waals surface area (Å²) in [5, 5.41) is 13.5. The van der Waals surface area contributed by atoms with E-state index in [1.807, 2.05) is 36.1 Å². The van der Waals surface area contributed by atoms with Gasteiger partial charge in [-0.15, -0.1) is 0 Å². The van der Waals surface area contributed by atoms with E-state index in [1.54, 1.807) is 18.2 Å². The number of benzene rings is 2. The normalized spacial score (nSPS) is 20.8. The minimum atomic E-state index is -0.156. The van der Waals surface area contributed by atoms with E-state index < -0.39 is 0 Å². The van der Waals surface area contributed by atoms with Gasteiger partial charge in [0, 0.05) is 55.7 Å². The Morgan fingerprint density at radius 3 is 2.54 bits per heavy atom. The minimum absolute atomic E-state index is 0.0152. The summed E-state index contributed by atoms with van der Waals surface area (Å²) in [6.45, 7) is 8.55. The fraction of sp³-hybridized carbons (Fsp3) is 0.481. The van der Waals surface area contributed by atoms with Crippen molar-refractivity contribution in [1.29, 1.82) is 0 Å². The number of anilines is 2. The highest BCUT2D eigenvalue weighted by Gasteiger charge is 2.38. The Morgan fingerprint density at radius 2 is 1.86 bits per heavy atom. The molecule has 2 aromatic rings. The molecule has 2 aliphatic rings. The van der Waals surface area contributed by atoms with Crippen molar-refractivity contribution in [3.8, 4) is 5.75 Å². The number of piperazine rings is 1. The average molecular weight is 499 g/mol. The number of aryl methyl sites for hydroxylation is 1. The quantitative estimate of drug-likeness (QED) is 0.564. The molecule has 0 radical (unpaired) electrons. The Morgan fingerprint density at radius 1 is 1.09 bits per heavy atom. The fourth-order valence-corrected chi connectivity index (χ4v) is 5.38. The number of nitrogens with one attached hydrogen (secondary N) is 1. The van der Waals surface area contributed by atoms with Gasteiger partial charge in [0.1, 0.15) is 5.75 Å². The zero-order chi connectivity index (χ0) is 24.9. The van der Waals surface area contributed by atoms with Crippen molar-refractivity contribution < 1.29 is 14.7 Å². The molecular formula is C27H35ClN4O3. The molecule has 0 saturated carbocycles. The molecule has 4 rings (SSSR count). The first kappa shape index (κ1) is 25.3. The summed E-state index contributed by atoms with van der Waals surface area (Å²) < 4.78 is 0. The molecule has 0 bridgehead atoms. The first-order valence-electron chi connectivity index (χ1n) is 12.4. The molecule has 2 N–H and O–H groups in total. The van der Waals surface area contributed by atoms with Gasteiger partial charge in [-0.25, -0.2) is 0 Å². The Kier molecular flexibility index (Phi) is 8.19. The van der Waals surface area contributed by atoms with Gasteiger partial charge in [0.15, 0.2) is 0 Å². The third-order valence-electron chi connectivity index (χ3n) is 7.14. The van der Waals surface area contributed by atoms with Crippen LogP contribution in [0, 0.1) is 18.8 Å². The summed E-state index contributed by atoms with van der Waals surface area (Å²) in [6.07, 6.45) is 1.95. The summed E-state index contributed by atoms with van der Waals surface area (Å²) in [4.78, 5) is 32.5. The lowest BCUT2D eigenvalue weighted by atomic mass is 9.91. The van der Waals surface area contributed by atoms with E-state index in [0.717, 1.165) is 48.7 Å². The molecule has 0 aliphatic carbocycles. The second-order valence-corrected chi connectivity index (χ2v) is 10.1. The van der Waals surface area contributed by atoms with Crippen molar-refractivity contribution >= 4 is 34.8 Å². The van der Waals surface area contributed by atoms with Crippen LogP contribution in [0.25, 0.3) is 0 Å². The molecule has 35 heavy (non-hydrogen) atoms. The first-order chi connectivity index (χ1) is 16.8. The number of aromatic hydroxyl groups is 1. The molecule has 0 aromatic heterocycles. The fourth-order valence-electron chi connectivity index (χ4n) is 5.20. The maximum absolute atomic E-state index is 13.1. The van der Waals surface area contributed by atoms with Crippen molar-refractivity contribution in [3.05, 3.63) is 53.1 Å². The molecule has 2 saturated heterocycles. The highest BCUT2D eigenvalue weighted by Crippen LogP contribution is 2.29. The monoisotopic (exact) mass is 498 g/mol. The molecule has 2 fully saturated rings. The number of phenols is 1. The summed E-state index contributed by atoms with van der Waals surface area (Å²) in [7, 11) is 0. The molecule has 2 aromatic carbocycles. The molecule has 2 aliphatic heterocycles. The predicted molar refractivity (Wildman–Crippen MR) is 140 cm³/mol. The van der Waals surface area contributed by atoms with Crippen LogP contribution >= 0.6 is 11.6 Å². The lowest BCUT2D eigenvalue weighted by Crippen LogP contribution is -2.51. The topological polar surface area (TPSA) is 76.1 Å². The van der Waals surface area contributed by atoms with Gasteiger partial charge >= 0.3 is 0 Å². The van der Waals surface area contributed by atoms with E-state index in [0.29, 0.717) is 31.9 Å². The van der Waals surface area contributed by atoms with Crippen molar-refractivity contribution in [3.63, 3.8) is 0 Å². The average Bonchev–Trinajstić information content (AvgIpc) is 3.24. The van der Waals surface area contributed by atoms with Crippen molar-refractivity contribution in [1.82, 2.24) is 9.80 Å². The molecule has 2 atom stereocenters. The van der Waals surface area contributed by atoms with Crippen LogP contribution in [0.1, 0.15) is 25.3 Å². The molecule has 2 amide bonds. The van der Waals surface area contributed by atoms with E-state index in [2.05, 4.69) is 22.0 Å². The second kappa shape index (κ2) is 11.3. The Bertz CT molecular complexity index is 1050. The van der Waals surface area contributed by atoms with Gasteiger partial charge in [-0.1, -0.05) is 31.0 Å². The number of hydrogen-bond donors (Lipinski definition) is 2. The third-order valence-corrected chi connectivity index (χ3v) is 7.38. The number of halogens is 1. The molecular weight excluding hydrogens is 464 g/mol. The Labute approximate surface area is 212 Å². The van der Waals surface area contributed by atoms with Crippen LogP contribution in [0.4, 0.5) is 11.4 Å². The van der Waals surface area contributed by atoms with Gasteiger partial charge in [-0.2, -0.15) is 0 Å². The van der Waals surface area contributed by atoms with E-state index in [1.165, 1.54) is 0 Å². The molecule has 0 spiro atoms. The van der Waals surface area contributed by atoms with E-state index in [-0.39, 0.29) is 29.4 Å². The smallest absolute Gasteiger partial charge is 0.236 e. The SMILES string of the molecule is CCCC1CN(CC(=O)N2CCN(c3cccc(Cl)c3)CC2)CC1C(=O)Nc1ccc(O)c(C)c1. The summed E-state index contributed by atoms with van der Waals surface area (Å²) >= 11 is 6.13. The maximum Gasteiger partial charge on any atom is 0.236 e. The van der Waals surface area contributed by atoms with Gasteiger partial charge in [0.25, 0.3) is 0 Å². The van der Waals surface area contributed by atoms with Crippen LogP contribution in [-0.2, 0) is 9.59 Å². The van der Waals surface area contributed by atoms with E-state index in [9.17, 15) is 14.7 Å². The minimum Gasteiger partial charge on any atom is -0.508 e. The first-order valence-corrected chi connectivity index (χ1v) is 12.8. The van der Waals surface area contributed by atoms with Gasteiger partial charge in [-0.05, 0) is 61.2 Å². The number of likely N-dealkylation sites (tertiary alicyclic amines) is 1. The predicted octanol–water partition coefficient (Wildman–Crippen LogP) is 3.99. The maximum atomic E-state index is 13.1.